The number of hydrogen-bond acceptors (Lipinski definition) is 3. The Labute approximate surface area is 73.0 Å². The first-order chi connectivity index (χ1) is 5.74. The number of carbonyl (C=O) groups excluding carboxylic acids is 1. The highest BCUT2D eigenvalue weighted by Gasteiger charge is 2.31. The highest BCUT2D eigenvalue weighted by atomic mass is 16.7. The molecule has 70 valence electrons. The molecule has 1 unspecified atom stereocenters. The monoisotopic (exact) mass is 172 g/mol. The van der Waals surface area contributed by atoms with Crippen LogP contribution in [-0.4, -0.2) is 18.9 Å². The minimum Gasteiger partial charge on any atom is -0.435 e. The maximum Gasteiger partial charge on any atom is 0.308 e. The van der Waals surface area contributed by atoms with E-state index in [4.69, 9.17) is 9.47 Å². The van der Waals surface area contributed by atoms with E-state index in [1.807, 2.05) is 6.92 Å². The molecule has 0 N–H and O–H groups in total. The third-order valence-corrected chi connectivity index (χ3v) is 1.98. The predicted octanol–water partition coefficient (Wildman–Crippen LogP) is 1.71. The van der Waals surface area contributed by atoms with Gasteiger partial charge in [-0.3, -0.25) is 4.79 Å². The minimum absolute atomic E-state index is 0.135. The molecule has 0 aromatic carbocycles. The molecule has 0 amide bonds. The van der Waals surface area contributed by atoms with E-state index in [1.54, 1.807) is 0 Å². The van der Waals surface area contributed by atoms with Crippen LogP contribution in [0.5, 0.6) is 0 Å². The van der Waals surface area contributed by atoms with Crippen LogP contribution >= 0.6 is 0 Å². The molecule has 0 saturated carbocycles. The van der Waals surface area contributed by atoms with E-state index in [0.717, 1.165) is 12.8 Å². The first-order valence-corrected chi connectivity index (χ1v) is 4.55. The van der Waals surface area contributed by atoms with Crippen molar-refractivity contribution in [2.45, 2.75) is 39.4 Å². The Balaban J connectivity index is 2.19. The first-order valence-electron chi connectivity index (χ1n) is 4.55. The maximum absolute atomic E-state index is 10.8. The molecule has 0 bridgehead atoms. The highest BCUT2D eigenvalue weighted by Crippen LogP contribution is 2.22. The Morgan fingerprint density at radius 3 is 2.92 bits per heavy atom. The fraction of sp³-hybridized carbons (Fsp3) is 0.889. The summed E-state index contributed by atoms with van der Waals surface area (Å²) in [5.41, 5.74) is 0. The van der Waals surface area contributed by atoms with Crippen molar-refractivity contribution in [2.75, 3.05) is 6.61 Å². The lowest BCUT2D eigenvalue weighted by molar-refractivity contribution is -0.166. The number of hydrogen-bond donors (Lipinski definition) is 0. The molecule has 12 heavy (non-hydrogen) atoms. The van der Waals surface area contributed by atoms with Crippen LogP contribution in [0.4, 0.5) is 0 Å². The normalized spacial score (nSPS) is 29.0. The van der Waals surface area contributed by atoms with E-state index >= 15 is 0 Å². The highest BCUT2D eigenvalue weighted by molar-refractivity contribution is 5.71. The van der Waals surface area contributed by atoms with Gasteiger partial charge in [-0.1, -0.05) is 20.3 Å². The molecule has 0 radical (unpaired) electrons. The molecule has 1 fully saturated rings. The van der Waals surface area contributed by atoms with Crippen LogP contribution in [0.2, 0.25) is 0 Å². The summed E-state index contributed by atoms with van der Waals surface area (Å²) in [5.74, 6) is 0.0818. The molecule has 0 aliphatic carbocycles. The molecular formula is C9H16O3. The Kier molecular flexibility index (Phi) is 3.53. The van der Waals surface area contributed by atoms with Gasteiger partial charge in [-0.05, 0) is 6.42 Å². The van der Waals surface area contributed by atoms with Gasteiger partial charge in [-0.25, -0.2) is 0 Å². The van der Waals surface area contributed by atoms with Gasteiger partial charge in [0.05, 0.1) is 13.0 Å². The minimum atomic E-state index is -0.288. The molecule has 1 aliphatic rings. The largest absolute Gasteiger partial charge is 0.435 e. The molecule has 1 aliphatic heterocycles. The second-order valence-electron chi connectivity index (χ2n) is 3.26. The van der Waals surface area contributed by atoms with Crippen LogP contribution in [0.3, 0.4) is 0 Å². The number of cyclic esters (lactones) is 1. The third-order valence-electron chi connectivity index (χ3n) is 1.98. The van der Waals surface area contributed by atoms with Gasteiger partial charge >= 0.3 is 5.97 Å². The van der Waals surface area contributed by atoms with Crippen molar-refractivity contribution in [1.29, 1.82) is 0 Å². The molecule has 3 nitrogen and oxygen atoms in total. The van der Waals surface area contributed by atoms with Crippen molar-refractivity contribution in [1.82, 2.24) is 0 Å². The van der Waals surface area contributed by atoms with Gasteiger partial charge in [0.25, 0.3) is 0 Å². The number of ether oxygens (including phenoxy) is 2. The molecule has 1 heterocycles. The van der Waals surface area contributed by atoms with Crippen LogP contribution in [-0.2, 0) is 14.3 Å². The van der Waals surface area contributed by atoms with Crippen molar-refractivity contribution in [2.24, 2.45) is 5.92 Å². The van der Waals surface area contributed by atoms with Crippen LogP contribution in [0.25, 0.3) is 0 Å². The number of esters is 1. The summed E-state index contributed by atoms with van der Waals surface area (Å²) < 4.78 is 10.3. The second kappa shape index (κ2) is 4.45. The molecule has 0 aromatic heterocycles. The van der Waals surface area contributed by atoms with Crippen LogP contribution in [0.1, 0.15) is 33.1 Å². The van der Waals surface area contributed by atoms with Crippen molar-refractivity contribution in [3.63, 3.8) is 0 Å². The van der Waals surface area contributed by atoms with E-state index in [2.05, 4.69) is 6.92 Å². The van der Waals surface area contributed by atoms with E-state index in [0.29, 0.717) is 13.0 Å². The van der Waals surface area contributed by atoms with Gasteiger partial charge in [0.1, 0.15) is 0 Å². The van der Waals surface area contributed by atoms with Crippen LogP contribution in [0.15, 0.2) is 0 Å². The standard InChI is InChI=1S/C9H16O3/c1-3-4-5-11-9-7(2)6-8(10)12-9/h7,9H,3-6H2,1-2H3/t7-,9?/m0/s1. The fourth-order valence-corrected chi connectivity index (χ4v) is 1.20. The van der Waals surface area contributed by atoms with Gasteiger partial charge in [-0.15, -0.1) is 0 Å². The van der Waals surface area contributed by atoms with Gasteiger partial charge in [0, 0.05) is 5.92 Å². The Hall–Kier alpha value is -0.570. The molecule has 0 aromatic rings. The average Bonchev–Trinajstić information content (AvgIpc) is 2.31. The summed E-state index contributed by atoms with van der Waals surface area (Å²) in [6, 6.07) is 0. The molecular weight excluding hydrogens is 156 g/mol. The van der Waals surface area contributed by atoms with E-state index in [1.165, 1.54) is 0 Å². The summed E-state index contributed by atoms with van der Waals surface area (Å²) in [6.45, 7) is 4.77. The third kappa shape index (κ3) is 2.48. The molecule has 0 spiro atoms. The number of unbranched alkanes of at least 4 members (excludes halogenated alkanes) is 1. The topological polar surface area (TPSA) is 35.5 Å². The zero-order valence-electron chi connectivity index (χ0n) is 7.71. The van der Waals surface area contributed by atoms with E-state index < -0.39 is 0 Å². The van der Waals surface area contributed by atoms with E-state index in [9.17, 15) is 4.79 Å². The molecule has 1 rings (SSSR count). The second-order valence-corrected chi connectivity index (χ2v) is 3.26. The van der Waals surface area contributed by atoms with Crippen LogP contribution in [0, 0.1) is 5.92 Å². The van der Waals surface area contributed by atoms with Gasteiger partial charge < -0.3 is 9.47 Å². The fourth-order valence-electron chi connectivity index (χ4n) is 1.20. The molecule has 2 atom stereocenters. The van der Waals surface area contributed by atoms with Crippen LogP contribution < -0.4 is 0 Å². The van der Waals surface area contributed by atoms with E-state index in [-0.39, 0.29) is 18.2 Å². The summed E-state index contributed by atoms with van der Waals surface area (Å²) >= 11 is 0. The van der Waals surface area contributed by atoms with Crippen molar-refractivity contribution in [3.05, 3.63) is 0 Å². The Morgan fingerprint density at radius 2 is 2.42 bits per heavy atom. The quantitative estimate of drug-likeness (QED) is 0.478. The average molecular weight is 172 g/mol. The molecule has 3 heteroatoms. The Morgan fingerprint density at radius 1 is 1.67 bits per heavy atom. The smallest absolute Gasteiger partial charge is 0.308 e. The maximum atomic E-state index is 10.8. The summed E-state index contributed by atoms with van der Waals surface area (Å²) in [6.07, 6.45) is 2.34. The summed E-state index contributed by atoms with van der Waals surface area (Å²) in [7, 11) is 0. The van der Waals surface area contributed by atoms with Crippen molar-refractivity contribution < 1.29 is 14.3 Å². The van der Waals surface area contributed by atoms with Crippen molar-refractivity contribution in [3.8, 4) is 0 Å². The Bertz CT molecular complexity index is 156. The zero-order chi connectivity index (χ0) is 8.97. The summed E-state index contributed by atoms with van der Waals surface area (Å²) in [4.78, 5) is 10.8. The lowest BCUT2D eigenvalue weighted by Gasteiger charge is -2.13. The SMILES string of the molecule is CCCCOC1OC(=O)C[C@@H]1C. The van der Waals surface area contributed by atoms with Gasteiger partial charge in [0.2, 0.25) is 6.29 Å². The van der Waals surface area contributed by atoms with Gasteiger partial charge in [-0.2, -0.15) is 0 Å². The summed E-state index contributed by atoms with van der Waals surface area (Å²) in [5, 5.41) is 0. The number of rotatable bonds is 4. The lowest BCUT2D eigenvalue weighted by Crippen LogP contribution is -2.18. The number of carbonyl (C=O) groups is 1. The predicted molar refractivity (Wildman–Crippen MR) is 44.5 cm³/mol. The van der Waals surface area contributed by atoms with Gasteiger partial charge in [0.15, 0.2) is 0 Å². The first kappa shape index (κ1) is 9.52. The lowest BCUT2D eigenvalue weighted by atomic mass is 10.1. The zero-order valence-corrected chi connectivity index (χ0v) is 7.71. The molecule has 1 saturated heterocycles. The van der Waals surface area contributed by atoms with Crippen molar-refractivity contribution >= 4 is 5.97 Å².